The third-order valence-corrected chi connectivity index (χ3v) is 4.58. The third kappa shape index (κ3) is 3.99. The Morgan fingerprint density at radius 2 is 1.90 bits per heavy atom. The minimum absolute atomic E-state index is 0.174. The summed E-state index contributed by atoms with van der Waals surface area (Å²) in [6.07, 6.45) is 5.92. The van der Waals surface area contributed by atoms with E-state index in [1.54, 1.807) is 0 Å². The van der Waals surface area contributed by atoms with Gasteiger partial charge in [-0.15, -0.1) is 0 Å². The highest BCUT2D eigenvalue weighted by atomic mass is 16.5. The van der Waals surface area contributed by atoms with Gasteiger partial charge < -0.3 is 10.5 Å². The largest absolute Gasteiger partial charge is 0.489 e. The molecule has 1 aliphatic carbocycles. The zero-order valence-electron chi connectivity index (χ0n) is 13.1. The van der Waals surface area contributed by atoms with Crippen LogP contribution < -0.4 is 10.5 Å². The lowest BCUT2D eigenvalue weighted by Gasteiger charge is -2.36. The summed E-state index contributed by atoms with van der Waals surface area (Å²) in [6, 6.07) is 8.72. The molecule has 0 heterocycles. The maximum absolute atomic E-state index is 6.24. The molecule has 2 heteroatoms. The van der Waals surface area contributed by atoms with Gasteiger partial charge in [-0.2, -0.15) is 0 Å². The lowest BCUT2D eigenvalue weighted by atomic mass is 9.78. The van der Waals surface area contributed by atoms with Gasteiger partial charge in [0, 0.05) is 6.04 Å². The molecule has 1 aliphatic rings. The summed E-state index contributed by atoms with van der Waals surface area (Å²) < 4.78 is 6.16. The van der Waals surface area contributed by atoms with Gasteiger partial charge in [0.25, 0.3) is 0 Å². The van der Waals surface area contributed by atoms with Crippen molar-refractivity contribution in [2.24, 2.45) is 17.6 Å². The van der Waals surface area contributed by atoms with E-state index in [1.807, 2.05) is 0 Å². The van der Waals surface area contributed by atoms with Crippen LogP contribution in [-0.4, -0.2) is 12.1 Å². The Kier molecular flexibility index (Phi) is 5.47. The first-order valence-corrected chi connectivity index (χ1v) is 8.11. The first-order chi connectivity index (χ1) is 9.60. The molecule has 0 bridgehead atoms. The highest BCUT2D eigenvalue weighted by Crippen LogP contribution is 2.31. The van der Waals surface area contributed by atoms with Crippen LogP contribution in [0.2, 0.25) is 0 Å². The average molecular weight is 275 g/mol. The summed E-state index contributed by atoms with van der Waals surface area (Å²) in [5.41, 5.74) is 7.62. The Balaban J connectivity index is 1.96. The SMILES string of the molecule is CCCc1ccc(OC2CC(C(C)C)CCC2N)cc1. The highest BCUT2D eigenvalue weighted by molar-refractivity contribution is 5.27. The molecule has 2 nitrogen and oxygen atoms in total. The summed E-state index contributed by atoms with van der Waals surface area (Å²) in [6.45, 7) is 6.81. The Morgan fingerprint density at radius 3 is 2.50 bits per heavy atom. The van der Waals surface area contributed by atoms with Crippen molar-refractivity contribution in [2.75, 3.05) is 0 Å². The van der Waals surface area contributed by atoms with E-state index in [-0.39, 0.29) is 12.1 Å². The summed E-state index contributed by atoms with van der Waals surface area (Å²) in [5.74, 6) is 2.44. The zero-order chi connectivity index (χ0) is 14.5. The van der Waals surface area contributed by atoms with Crippen molar-refractivity contribution in [3.63, 3.8) is 0 Å². The van der Waals surface area contributed by atoms with E-state index in [4.69, 9.17) is 10.5 Å². The van der Waals surface area contributed by atoms with Crippen LogP contribution in [-0.2, 0) is 6.42 Å². The molecular formula is C18H29NO. The maximum Gasteiger partial charge on any atom is 0.119 e. The van der Waals surface area contributed by atoms with Gasteiger partial charge in [0.05, 0.1) is 0 Å². The number of ether oxygens (including phenoxy) is 1. The molecule has 1 aromatic rings. The quantitative estimate of drug-likeness (QED) is 0.875. The predicted molar refractivity (Wildman–Crippen MR) is 85.0 cm³/mol. The highest BCUT2D eigenvalue weighted by Gasteiger charge is 2.31. The van der Waals surface area contributed by atoms with Crippen molar-refractivity contribution in [3.05, 3.63) is 29.8 Å². The lowest BCUT2D eigenvalue weighted by Crippen LogP contribution is -2.44. The van der Waals surface area contributed by atoms with Crippen LogP contribution in [0.15, 0.2) is 24.3 Å². The van der Waals surface area contributed by atoms with Crippen LogP contribution in [0.5, 0.6) is 5.75 Å². The fourth-order valence-corrected chi connectivity index (χ4v) is 3.12. The predicted octanol–water partition coefficient (Wildman–Crippen LogP) is 4.17. The van der Waals surface area contributed by atoms with Crippen molar-refractivity contribution in [1.29, 1.82) is 0 Å². The molecule has 0 spiro atoms. The molecule has 1 aromatic carbocycles. The molecule has 0 aliphatic heterocycles. The summed E-state index contributed by atoms with van der Waals surface area (Å²) in [4.78, 5) is 0. The fraction of sp³-hybridized carbons (Fsp3) is 0.667. The molecule has 0 amide bonds. The minimum atomic E-state index is 0.174. The van der Waals surface area contributed by atoms with Gasteiger partial charge in [-0.25, -0.2) is 0 Å². The van der Waals surface area contributed by atoms with Crippen LogP contribution in [0.25, 0.3) is 0 Å². The summed E-state index contributed by atoms with van der Waals surface area (Å²) >= 11 is 0. The van der Waals surface area contributed by atoms with Crippen molar-refractivity contribution in [2.45, 2.75) is 65.0 Å². The number of nitrogens with two attached hydrogens (primary N) is 1. The molecule has 2 N–H and O–H groups in total. The third-order valence-electron chi connectivity index (χ3n) is 4.58. The number of aryl methyl sites for hydroxylation is 1. The van der Waals surface area contributed by atoms with Crippen LogP contribution >= 0.6 is 0 Å². The van der Waals surface area contributed by atoms with E-state index in [1.165, 1.54) is 18.4 Å². The normalized spacial score (nSPS) is 26.8. The van der Waals surface area contributed by atoms with Gasteiger partial charge in [-0.05, 0) is 55.2 Å². The monoisotopic (exact) mass is 275 g/mol. The molecular weight excluding hydrogens is 246 g/mol. The maximum atomic E-state index is 6.24. The van der Waals surface area contributed by atoms with E-state index in [9.17, 15) is 0 Å². The molecule has 2 rings (SSSR count). The molecule has 3 unspecified atom stereocenters. The first kappa shape index (κ1) is 15.4. The second-order valence-electron chi connectivity index (χ2n) is 6.53. The van der Waals surface area contributed by atoms with E-state index < -0.39 is 0 Å². The van der Waals surface area contributed by atoms with Gasteiger partial charge in [-0.1, -0.05) is 39.3 Å². The van der Waals surface area contributed by atoms with Crippen LogP contribution in [0.4, 0.5) is 0 Å². The molecule has 0 saturated heterocycles. The van der Waals surface area contributed by atoms with Crippen molar-refractivity contribution in [3.8, 4) is 5.75 Å². The molecule has 112 valence electrons. The zero-order valence-corrected chi connectivity index (χ0v) is 13.1. The number of rotatable bonds is 5. The summed E-state index contributed by atoms with van der Waals surface area (Å²) in [7, 11) is 0. The average Bonchev–Trinajstić information content (AvgIpc) is 2.43. The van der Waals surface area contributed by atoms with Gasteiger partial charge in [0.1, 0.15) is 11.9 Å². The second-order valence-corrected chi connectivity index (χ2v) is 6.53. The summed E-state index contributed by atoms with van der Waals surface area (Å²) in [5, 5.41) is 0. The fourth-order valence-electron chi connectivity index (χ4n) is 3.12. The van der Waals surface area contributed by atoms with Gasteiger partial charge in [0.2, 0.25) is 0 Å². The number of hydrogen-bond donors (Lipinski definition) is 1. The van der Waals surface area contributed by atoms with Gasteiger partial charge in [0.15, 0.2) is 0 Å². The van der Waals surface area contributed by atoms with Crippen molar-refractivity contribution in [1.82, 2.24) is 0 Å². The Bertz CT molecular complexity index is 398. The standard InChI is InChI=1S/C18H29NO/c1-4-5-14-6-9-16(10-7-14)20-18-12-15(13(2)3)8-11-17(18)19/h6-7,9-10,13,15,17-18H,4-5,8,11-12,19H2,1-3H3. The van der Waals surface area contributed by atoms with Crippen molar-refractivity contribution >= 4 is 0 Å². The lowest BCUT2D eigenvalue weighted by molar-refractivity contribution is 0.0867. The van der Waals surface area contributed by atoms with Gasteiger partial charge in [-0.3, -0.25) is 0 Å². The topological polar surface area (TPSA) is 35.2 Å². The van der Waals surface area contributed by atoms with E-state index in [0.717, 1.165) is 36.8 Å². The van der Waals surface area contributed by atoms with Crippen LogP contribution in [0.1, 0.15) is 52.0 Å². The number of benzene rings is 1. The molecule has 1 fully saturated rings. The van der Waals surface area contributed by atoms with Crippen molar-refractivity contribution < 1.29 is 4.74 Å². The minimum Gasteiger partial charge on any atom is -0.489 e. The van der Waals surface area contributed by atoms with E-state index in [0.29, 0.717) is 0 Å². The second kappa shape index (κ2) is 7.12. The molecule has 1 saturated carbocycles. The Hall–Kier alpha value is -1.02. The molecule has 20 heavy (non-hydrogen) atoms. The number of hydrogen-bond acceptors (Lipinski definition) is 2. The van der Waals surface area contributed by atoms with Crippen LogP contribution in [0, 0.1) is 11.8 Å². The smallest absolute Gasteiger partial charge is 0.119 e. The first-order valence-electron chi connectivity index (χ1n) is 8.11. The Labute approximate surface area is 123 Å². The van der Waals surface area contributed by atoms with E-state index >= 15 is 0 Å². The van der Waals surface area contributed by atoms with Crippen LogP contribution in [0.3, 0.4) is 0 Å². The molecule has 0 radical (unpaired) electrons. The molecule has 3 atom stereocenters. The Morgan fingerprint density at radius 1 is 1.20 bits per heavy atom. The van der Waals surface area contributed by atoms with E-state index in [2.05, 4.69) is 45.0 Å². The molecule has 0 aromatic heterocycles. The van der Waals surface area contributed by atoms with Gasteiger partial charge >= 0.3 is 0 Å².